The van der Waals surface area contributed by atoms with Crippen LogP contribution in [0.15, 0.2) is 12.3 Å². The van der Waals surface area contributed by atoms with Crippen molar-refractivity contribution in [1.29, 1.82) is 0 Å². The van der Waals surface area contributed by atoms with Crippen molar-refractivity contribution in [3.8, 4) is 5.88 Å². The van der Waals surface area contributed by atoms with Crippen LogP contribution < -0.4 is 0 Å². The van der Waals surface area contributed by atoms with E-state index < -0.39 is 0 Å². The summed E-state index contributed by atoms with van der Waals surface area (Å²) < 4.78 is 1.65. The van der Waals surface area contributed by atoms with E-state index in [0.717, 1.165) is 5.56 Å². The second-order valence-electron chi connectivity index (χ2n) is 1.69. The minimum atomic E-state index is 0.308. The van der Waals surface area contributed by atoms with Crippen LogP contribution >= 0.6 is 22.9 Å². The van der Waals surface area contributed by atoms with Gasteiger partial charge < -0.3 is 5.11 Å². The highest BCUT2D eigenvalue weighted by Gasteiger charge is 1.94. The highest BCUT2D eigenvalue weighted by Crippen LogP contribution is 2.16. The van der Waals surface area contributed by atoms with Crippen LogP contribution in [0, 0.1) is 6.92 Å². The summed E-state index contributed by atoms with van der Waals surface area (Å²) in [4.78, 5) is 0. The minimum absolute atomic E-state index is 0.308. The van der Waals surface area contributed by atoms with Gasteiger partial charge in [0.25, 0.3) is 0 Å². The lowest BCUT2D eigenvalue weighted by Crippen LogP contribution is -1.68. The van der Waals surface area contributed by atoms with Gasteiger partial charge in [0.05, 0.1) is 22.9 Å². The van der Waals surface area contributed by atoms with Gasteiger partial charge in [-0.15, -0.1) is 0 Å². The van der Waals surface area contributed by atoms with E-state index in [9.17, 15) is 0 Å². The zero-order valence-corrected chi connectivity index (χ0v) is 6.58. The molecule has 0 amide bonds. The standard InChI is InChI=1S/C5H6INO/c1-4-2-5(8)7(6)3-4/h2-3,8H,1H3. The maximum absolute atomic E-state index is 8.90. The van der Waals surface area contributed by atoms with Crippen LogP contribution in [0.5, 0.6) is 5.88 Å². The zero-order valence-electron chi connectivity index (χ0n) is 4.43. The quantitative estimate of drug-likeness (QED) is 0.665. The fourth-order valence-electron chi connectivity index (χ4n) is 0.547. The minimum Gasteiger partial charge on any atom is -0.494 e. The Morgan fingerprint density at radius 3 is 2.50 bits per heavy atom. The molecule has 0 atom stereocenters. The molecule has 0 spiro atoms. The van der Waals surface area contributed by atoms with Crippen LogP contribution in [-0.2, 0) is 0 Å². The predicted molar refractivity (Wildman–Crippen MR) is 40.3 cm³/mol. The van der Waals surface area contributed by atoms with Gasteiger partial charge in [-0.3, -0.25) is 2.78 Å². The van der Waals surface area contributed by atoms with E-state index in [-0.39, 0.29) is 0 Å². The Bertz CT molecular complexity index is 175. The number of hydrogen-bond acceptors (Lipinski definition) is 1. The van der Waals surface area contributed by atoms with Gasteiger partial charge in [0.15, 0.2) is 5.88 Å². The lowest BCUT2D eigenvalue weighted by atomic mass is 10.4. The van der Waals surface area contributed by atoms with Crippen molar-refractivity contribution in [2.45, 2.75) is 6.92 Å². The van der Waals surface area contributed by atoms with E-state index in [0.29, 0.717) is 5.88 Å². The van der Waals surface area contributed by atoms with E-state index in [4.69, 9.17) is 5.11 Å². The molecular weight excluding hydrogens is 217 g/mol. The van der Waals surface area contributed by atoms with E-state index in [1.165, 1.54) is 0 Å². The van der Waals surface area contributed by atoms with Crippen molar-refractivity contribution in [1.82, 2.24) is 2.78 Å². The summed E-state index contributed by atoms with van der Waals surface area (Å²) in [6.45, 7) is 1.94. The van der Waals surface area contributed by atoms with Crippen molar-refractivity contribution in [2.75, 3.05) is 0 Å². The van der Waals surface area contributed by atoms with E-state index in [2.05, 4.69) is 0 Å². The van der Waals surface area contributed by atoms with Gasteiger partial charge in [0.2, 0.25) is 0 Å². The second-order valence-corrected chi connectivity index (χ2v) is 2.73. The molecule has 0 aliphatic rings. The molecule has 0 saturated heterocycles. The summed E-state index contributed by atoms with van der Waals surface area (Å²) in [6, 6.07) is 1.71. The number of nitrogens with zero attached hydrogens (tertiary/aromatic N) is 1. The molecule has 1 rings (SSSR count). The molecule has 0 bridgehead atoms. The normalized spacial score (nSPS) is 9.75. The Hall–Kier alpha value is -0.190. The first-order valence-electron chi connectivity index (χ1n) is 2.24. The lowest BCUT2D eigenvalue weighted by molar-refractivity contribution is 0.454. The molecule has 44 valence electrons. The molecule has 0 saturated carbocycles. The third kappa shape index (κ3) is 0.964. The number of aryl methyl sites for hydroxylation is 1. The van der Waals surface area contributed by atoms with Gasteiger partial charge in [-0.25, -0.2) is 0 Å². The van der Waals surface area contributed by atoms with Crippen molar-refractivity contribution in [3.63, 3.8) is 0 Å². The molecule has 3 heteroatoms. The average Bonchev–Trinajstić information content (AvgIpc) is 1.85. The predicted octanol–water partition coefficient (Wildman–Crippen LogP) is 1.70. The third-order valence-electron chi connectivity index (χ3n) is 0.893. The highest BCUT2D eigenvalue weighted by molar-refractivity contribution is 14.1. The van der Waals surface area contributed by atoms with Gasteiger partial charge in [0, 0.05) is 12.3 Å². The average molecular weight is 223 g/mol. The molecular formula is C5H6INO. The molecule has 8 heavy (non-hydrogen) atoms. The van der Waals surface area contributed by atoms with Crippen LogP contribution in [0.2, 0.25) is 0 Å². The van der Waals surface area contributed by atoms with Crippen LogP contribution in [0.3, 0.4) is 0 Å². The first kappa shape index (κ1) is 5.94. The van der Waals surface area contributed by atoms with Gasteiger partial charge in [-0.05, 0) is 12.5 Å². The number of rotatable bonds is 0. The molecule has 0 aromatic carbocycles. The maximum Gasteiger partial charge on any atom is 0.200 e. The van der Waals surface area contributed by atoms with Crippen molar-refractivity contribution in [3.05, 3.63) is 17.8 Å². The Morgan fingerprint density at radius 1 is 1.75 bits per heavy atom. The van der Waals surface area contributed by atoms with Gasteiger partial charge in [0.1, 0.15) is 0 Å². The van der Waals surface area contributed by atoms with Crippen molar-refractivity contribution < 1.29 is 5.11 Å². The van der Waals surface area contributed by atoms with Crippen LogP contribution in [0.1, 0.15) is 5.56 Å². The summed E-state index contributed by atoms with van der Waals surface area (Å²) in [5.41, 5.74) is 1.08. The molecule has 1 aromatic heterocycles. The van der Waals surface area contributed by atoms with Crippen LogP contribution in [0.4, 0.5) is 0 Å². The van der Waals surface area contributed by atoms with Gasteiger partial charge >= 0.3 is 0 Å². The largest absolute Gasteiger partial charge is 0.494 e. The molecule has 2 nitrogen and oxygen atoms in total. The Morgan fingerprint density at radius 2 is 2.38 bits per heavy atom. The Balaban J connectivity index is 3.14. The second kappa shape index (κ2) is 1.97. The zero-order chi connectivity index (χ0) is 6.15. The van der Waals surface area contributed by atoms with E-state index in [1.54, 1.807) is 8.85 Å². The Kier molecular flexibility index (Phi) is 1.46. The first-order chi connectivity index (χ1) is 3.70. The summed E-state index contributed by atoms with van der Waals surface area (Å²) in [6.07, 6.45) is 1.86. The Labute approximate surface area is 61.6 Å². The summed E-state index contributed by atoms with van der Waals surface area (Å²) in [5.74, 6) is 0.308. The van der Waals surface area contributed by atoms with Crippen LogP contribution in [0.25, 0.3) is 0 Å². The summed E-state index contributed by atoms with van der Waals surface area (Å²) in [7, 11) is 0. The number of aromatic nitrogens is 1. The SMILES string of the molecule is Cc1cc(O)n(I)c1. The van der Waals surface area contributed by atoms with E-state index in [1.807, 2.05) is 36.0 Å². The maximum atomic E-state index is 8.90. The molecule has 1 N–H and O–H groups in total. The first-order valence-corrected chi connectivity index (χ1v) is 3.21. The lowest BCUT2D eigenvalue weighted by Gasteiger charge is -1.85. The molecule has 0 aliphatic heterocycles. The summed E-state index contributed by atoms with van der Waals surface area (Å²) >= 11 is 2.01. The number of aromatic hydroxyl groups is 1. The van der Waals surface area contributed by atoms with Crippen molar-refractivity contribution in [2.24, 2.45) is 0 Å². The van der Waals surface area contributed by atoms with Crippen LogP contribution in [-0.4, -0.2) is 7.89 Å². The monoisotopic (exact) mass is 223 g/mol. The molecule has 1 heterocycles. The third-order valence-corrected chi connectivity index (χ3v) is 1.67. The van der Waals surface area contributed by atoms with Gasteiger partial charge in [-0.1, -0.05) is 0 Å². The number of hydrogen-bond donors (Lipinski definition) is 1. The smallest absolute Gasteiger partial charge is 0.200 e. The topological polar surface area (TPSA) is 25.2 Å². The van der Waals surface area contributed by atoms with E-state index >= 15 is 0 Å². The molecule has 0 aliphatic carbocycles. The number of halogens is 1. The summed E-state index contributed by atoms with van der Waals surface area (Å²) in [5, 5.41) is 8.90. The molecule has 0 fully saturated rings. The fraction of sp³-hybridized carbons (Fsp3) is 0.200. The molecule has 1 aromatic rings. The molecule has 0 radical (unpaired) electrons. The van der Waals surface area contributed by atoms with Crippen molar-refractivity contribution >= 4 is 22.9 Å². The fourth-order valence-corrected chi connectivity index (χ4v) is 1.13. The van der Waals surface area contributed by atoms with Gasteiger partial charge in [-0.2, -0.15) is 0 Å². The molecule has 0 unspecified atom stereocenters. The highest BCUT2D eigenvalue weighted by atomic mass is 127.